The lowest BCUT2D eigenvalue weighted by molar-refractivity contribution is -0.384. The molecule has 8 nitrogen and oxygen atoms in total. The molecule has 0 aliphatic rings. The van der Waals surface area contributed by atoms with Crippen molar-refractivity contribution in [3.8, 4) is 0 Å². The summed E-state index contributed by atoms with van der Waals surface area (Å²) in [5.41, 5.74) is -2.30. The average Bonchev–Trinajstić information content (AvgIpc) is 2.53. The van der Waals surface area contributed by atoms with E-state index in [-0.39, 0.29) is 5.69 Å². The van der Waals surface area contributed by atoms with Gasteiger partial charge < -0.3 is 15.4 Å². The summed E-state index contributed by atoms with van der Waals surface area (Å²) in [4.78, 5) is 33.5. The van der Waals surface area contributed by atoms with E-state index in [0.717, 1.165) is 6.07 Å². The van der Waals surface area contributed by atoms with Crippen molar-refractivity contribution in [1.82, 2.24) is 5.32 Å². The van der Waals surface area contributed by atoms with Crippen LogP contribution in [0.5, 0.6) is 0 Å². The molecule has 1 rings (SSSR count). The number of alkyl halides is 3. The molecular weight excluding hydrogens is 359 g/mol. The maximum Gasteiger partial charge on any atom is 0.416 e. The van der Waals surface area contributed by atoms with Gasteiger partial charge in [0.15, 0.2) is 6.10 Å². The number of hydrogen-bond donors (Lipinski definition) is 2. The topological polar surface area (TPSA) is 111 Å². The molecule has 1 amide bonds. The lowest BCUT2D eigenvalue weighted by atomic mass is 10.1. The summed E-state index contributed by atoms with van der Waals surface area (Å²) < 4.78 is 43.0. The fraction of sp³-hybridized carbons (Fsp3) is 0.467. The van der Waals surface area contributed by atoms with Crippen LogP contribution in [0.1, 0.15) is 26.3 Å². The molecule has 0 radical (unpaired) electrons. The molecule has 26 heavy (non-hydrogen) atoms. The number of anilines is 1. The number of amides is 1. The van der Waals surface area contributed by atoms with E-state index >= 15 is 0 Å². The Balaban J connectivity index is 2.91. The number of likely N-dealkylation sites (N-methyl/N-ethyl adjacent to an activating group) is 1. The highest BCUT2D eigenvalue weighted by molar-refractivity contribution is 5.86. The molecule has 0 saturated heterocycles. The summed E-state index contributed by atoms with van der Waals surface area (Å²) >= 11 is 0. The van der Waals surface area contributed by atoms with Gasteiger partial charge in [-0.3, -0.25) is 14.9 Å². The van der Waals surface area contributed by atoms with Crippen molar-refractivity contribution in [2.45, 2.75) is 39.1 Å². The van der Waals surface area contributed by atoms with Crippen molar-refractivity contribution in [1.29, 1.82) is 0 Å². The average molecular weight is 377 g/mol. The zero-order valence-electron chi connectivity index (χ0n) is 14.2. The van der Waals surface area contributed by atoms with Crippen LogP contribution in [0.25, 0.3) is 0 Å². The van der Waals surface area contributed by atoms with Gasteiger partial charge in [0.05, 0.1) is 10.5 Å². The van der Waals surface area contributed by atoms with Crippen molar-refractivity contribution in [3.05, 3.63) is 33.9 Å². The number of nitrogens with one attached hydrogen (secondary N) is 2. The third kappa shape index (κ3) is 5.60. The SMILES string of the molecule is CCNC(=O)[C@@H](C)OC(=O)[C@H](C)Nc1ccc(C(F)(F)F)cc1[N+](=O)[O-]. The van der Waals surface area contributed by atoms with Gasteiger partial charge in [0, 0.05) is 12.6 Å². The molecule has 0 heterocycles. The molecule has 0 aromatic heterocycles. The third-order valence-corrected chi connectivity index (χ3v) is 3.26. The second kappa shape index (κ2) is 8.50. The number of esters is 1. The lowest BCUT2D eigenvalue weighted by Crippen LogP contribution is -2.39. The molecule has 2 N–H and O–H groups in total. The monoisotopic (exact) mass is 377 g/mol. The number of hydrogen-bond acceptors (Lipinski definition) is 6. The standard InChI is InChI=1S/C15H18F3N3O5/c1-4-19-13(22)9(3)26-14(23)8(2)20-11-6-5-10(15(16,17)18)7-12(11)21(24)25/h5-9,20H,4H2,1-3H3,(H,19,22)/t8-,9+/m0/s1. The summed E-state index contributed by atoms with van der Waals surface area (Å²) in [6.07, 6.45) is -5.83. The zero-order chi connectivity index (χ0) is 20.1. The molecule has 0 fully saturated rings. The van der Waals surface area contributed by atoms with E-state index in [1.54, 1.807) is 6.92 Å². The van der Waals surface area contributed by atoms with Gasteiger partial charge in [-0.1, -0.05) is 0 Å². The van der Waals surface area contributed by atoms with Crippen LogP contribution in [0.4, 0.5) is 24.5 Å². The molecule has 11 heteroatoms. The van der Waals surface area contributed by atoms with E-state index in [1.807, 2.05) is 0 Å². The van der Waals surface area contributed by atoms with Gasteiger partial charge in [-0.2, -0.15) is 13.2 Å². The van der Waals surface area contributed by atoms with Crippen molar-refractivity contribution in [2.24, 2.45) is 0 Å². The lowest BCUT2D eigenvalue weighted by Gasteiger charge is -2.18. The molecule has 144 valence electrons. The first-order valence-electron chi connectivity index (χ1n) is 7.57. The van der Waals surface area contributed by atoms with Crippen LogP contribution >= 0.6 is 0 Å². The highest BCUT2D eigenvalue weighted by Gasteiger charge is 2.33. The highest BCUT2D eigenvalue weighted by atomic mass is 19.4. The van der Waals surface area contributed by atoms with Crippen LogP contribution < -0.4 is 10.6 Å². The van der Waals surface area contributed by atoms with Gasteiger partial charge in [0.1, 0.15) is 11.7 Å². The zero-order valence-corrected chi connectivity index (χ0v) is 14.2. The van der Waals surface area contributed by atoms with Crippen molar-refractivity contribution < 1.29 is 32.4 Å². The minimum atomic E-state index is -4.74. The number of halogens is 3. The minimum absolute atomic E-state index is 0.280. The second-order valence-electron chi connectivity index (χ2n) is 5.33. The molecule has 1 aromatic carbocycles. The second-order valence-corrected chi connectivity index (χ2v) is 5.33. The van der Waals surface area contributed by atoms with E-state index < -0.39 is 46.4 Å². The van der Waals surface area contributed by atoms with Gasteiger partial charge in [-0.25, -0.2) is 4.79 Å². The molecule has 0 bridgehead atoms. The predicted molar refractivity (Wildman–Crippen MR) is 85.4 cm³/mol. The van der Waals surface area contributed by atoms with E-state index in [9.17, 15) is 32.9 Å². The van der Waals surface area contributed by atoms with Gasteiger partial charge in [-0.05, 0) is 32.9 Å². The Labute approximate surface area is 146 Å². The number of nitrogens with zero attached hydrogens (tertiary/aromatic N) is 1. The van der Waals surface area contributed by atoms with Crippen LogP contribution in [0.2, 0.25) is 0 Å². The Morgan fingerprint density at radius 2 is 1.92 bits per heavy atom. The number of carbonyl (C=O) groups is 2. The molecular formula is C15H18F3N3O5. The molecule has 2 atom stereocenters. The molecule has 0 unspecified atom stereocenters. The third-order valence-electron chi connectivity index (χ3n) is 3.26. The molecule has 0 aliphatic carbocycles. The number of rotatable bonds is 7. The first-order chi connectivity index (χ1) is 12.0. The van der Waals surface area contributed by atoms with Crippen molar-refractivity contribution >= 4 is 23.3 Å². The Bertz CT molecular complexity index is 694. The van der Waals surface area contributed by atoms with Crippen LogP contribution in [0.15, 0.2) is 18.2 Å². The molecule has 0 spiro atoms. The summed E-state index contributed by atoms with van der Waals surface area (Å²) in [6.45, 7) is 4.66. The van der Waals surface area contributed by atoms with Crippen molar-refractivity contribution in [2.75, 3.05) is 11.9 Å². The Kier molecular flexibility index (Phi) is 6.93. The Hall–Kier alpha value is -2.85. The summed E-state index contributed by atoms with van der Waals surface area (Å²) in [6, 6.07) is 0.753. The van der Waals surface area contributed by atoms with Crippen LogP contribution in [0.3, 0.4) is 0 Å². The number of ether oxygens (including phenoxy) is 1. The predicted octanol–water partition coefficient (Wildman–Crippen LogP) is 2.48. The molecule has 1 aromatic rings. The largest absolute Gasteiger partial charge is 0.451 e. The molecule has 0 saturated carbocycles. The van der Waals surface area contributed by atoms with E-state index in [1.165, 1.54) is 13.8 Å². The first-order valence-corrected chi connectivity index (χ1v) is 7.57. The van der Waals surface area contributed by atoms with Gasteiger partial charge in [0.2, 0.25) is 0 Å². The Morgan fingerprint density at radius 1 is 1.31 bits per heavy atom. The maximum absolute atomic E-state index is 12.7. The summed E-state index contributed by atoms with van der Waals surface area (Å²) in [7, 11) is 0. The fourth-order valence-corrected chi connectivity index (χ4v) is 1.92. The van der Waals surface area contributed by atoms with E-state index in [0.29, 0.717) is 18.7 Å². The quantitative estimate of drug-likeness (QED) is 0.429. The Morgan fingerprint density at radius 3 is 2.42 bits per heavy atom. The number of carbonyl (C=O) groups excluding carboxylic acids is 2. The number of nitro benzene ring substituents is 1. The maximum atomic E-state index is 12.7. The van der Waals surface area contributed by atoms with Crippen LogP contribution in [-0.2, 0) is 20.5 Å². The minimum Gasteiger partial charge on any atom is -0.451 e. The van der Waals surface area contributed by atoms with Gasteiger partial charge >= 0.3 is 12.1 Å². The fourth-order valence-electron chi connectivity index (χ4n) is 1.92. The van der Waals surface area contributed by atoms with Gasteiger partial charge in [-0.15, -0.1) is 0 Å². The van der Waals surface area contributed by atoms with E-state index in [2.05, 4.69) is 10.6 Å². The summed E-state index contributed by atoms with van der Waals surface area (Å²) in [5, 5.41) is 15.9. The van der Waals surface area contributed by atoms with Gasteiger partial charge in [0.25, 0.3) is 11.6 Å². The normalized spacial score (nSPS) is 13.5. The van der Waals surface area contributed by atoms with Crippen LogP contribution in [0, 0.1) is 10.1 Å². The highest BCUT2D eigenvalue weighted by Crippen LogP contribution is 2.35. The number of benzene rings is 1. The smallest absolute Gasteiger partial charge is 0.416 e. The van der Waals surface area contributed by atoms with Crippen LogP contribution in [-0.4, -0.2) is 35.5 Å². The van der Waals surface area contributed by atoms with E-state index in [4.69, 9.17) is 4.74 Å². The number of nitro groups is 1. The molecule has 0 aliphatic heterocycles. The van der Waals surface area contributed by atoms with Crippen molar-refractivity contribution in [3.63, 3.8) is 0 Å². The first kappa shape index (κ1) is 21.2. The summed E-state index contributed by atoms with van der Waals surface area (Å²) in [5.74, 6) is -1.41.